The molecule has 1 aromatic heterocycles. The minimum Gasteiger partial charge on any atom is -0.320 e. The van der Waals surface area contributed by atoms with E-state index in [4.69, 9.17) is 28.9 Å². The van der Waals surface area contributed by atoms with E-state index in [0.29, 0.717) is 10.0 Å². The molecule has 1 heterocycles. The highest BCUT2D eigenvalue weighted by Crippen LogP contribution is 2.35. The van der Waals surface area contributed by atoms with E-state index >= 15 is 0 Å². The molecular formula is C12H10BrCl2NS. The molecule has 2 rings (SSSR count). The van der Waals surface area contributed by atoms with Crippen LogP contribution in [0.5, 0.6) is 0 Å². The molecule has 0 amide bonds. The van der Waals surface area contributed by atoms with Gasteiger partial charge in [-0.1, -0.05) is 29.3 Å². The van der Waals surface area contributed by atoms with Crippen LogP contribution in [0.1, 0.15) is 21.4 Å². The Bertz CT molecular complexity index is 534. The summed E-state index contributed by atoms with van der Waals surface area (Å²) < 4.78 is 1.08. The van der Waals surface area contributed by atoms with Crippen LogP contribution < -0.4 is 5.73 Å². The number of rotatable bonds is 2. The molecule has 0 saturated carbocycles. The van der Waals surface area contributed by atoms with Crippen molar-refractivity contribution in [3.05, 3.63) is 54.1 Å². The van der Waals surface area contributed by atoms with Gasteiger partial charge in [-0.25, -0.2) is 0 Å². The number of nitrogens with two attached hydrogens (primary N) is 1. The fraction of sp³-hybridized carbons (Fsp3) is 0.167. The lowest BCUT2D eigenvalue weighted by Crippen LogP contribution is -2.10. The van der Waals surface area contributed by atoms with Crippen molar-refractivity contribution in [3.63, 3.8) is 0 Å². The van der Waals surface area contributed by atoms with E-state index in [2.05, 4.69) is 22.9 Å². The first-order valence-corrected chi connectivity index (χ1v) is 7.32. The SMILES string of the molecule is Cc1sc(C(N)c2ccc(Cl)cc2Cl)cc1Br. The summed E-state index contributed by atoms with van der Waals surface area (Å²) in [5.41, 5.74) is 7.10. The largest absolute Gasteiger partial charge is 0.320 e. The number of halogens is 3. The van der Waals surface area contributed by atoms with Crippen molar-refractivity contribution < 1.29 is 0 Å². The van der Waals surface area contributed by atoms with Gasteiger partial charge in [-0.05, 0) is 46.6 Å². The Morgan fingerprint density at radius 3 is 2.53 bits per heavy atom. The smallest absolute Gasteiger partial charge is 0.0661 e. The highest BCUT2D eigenvalue weighted by Gasteiger charge is 2.16. The lowest BCUT2D eigenvalue weighted by atomic mass is 10.1. The van der Waals surface area contributed by atoms with Crippen LogP contribution in [0.4, 0.5) is 0 Å². The Labute approximate surface area is 123 Å². The zero-order valence-electron chi connectivity index (χ0n) is 9.01. The molecule has 0 aliphatic carbocycles. The summed E-state index contributed by atoms with van der Waals surface area (Å²) in [4.78, 5) is 2.29. The molecule has 1 atom stereocenters. The molecule has 0 aliphatic rings. The Kier molecular flexibility index (Phi) is 4.16. The van der Waals surface area contributed by atoms with E-state index in [-0.39, 0.29) is 6.04 Å². The molecule has 17 heavy (non-hydrogen) atoms. The normalized spacial score (nSPS) is 12.8. The van der Waals surface area contributed by atoms with Gasteiger partial charge in [0.15, 0.2) is 0 Å². The number of benzene rings is 1. The van der Waals surface area contributed by atoms with E-state index in [1.165, 1.54) is 4.88 Å². The maximum absolute atomic E-state index is 6.21. The molecule has 2 aromatic rings. The summed E-state index contributed by atoms with van der Waals surface area (Å²) in [5, 5.41) is 1.22. The van der Waals surface area contributed by atoms with Crippen LogP contribution in [-0.4, -0.2) is 0 Å². The van der Waals surface area contributed by atoms with Gasteiger partial charge in [-0.2, -0.15) is 0 Å². The van der Waals surface area contributed by atoms with Gasteiger partial charge in [0.25, 0.3) is 0 Å². The Morgan fingerprint density at radius 2 is 2.00 bits per heavy atom. The third kappa shape index (κ3) is 2.85. The van der Waals surface area contributed by atoms with Crippen molar-refractivity contribution in [1.29, 1.82) is 0 Å². The van der Waals surface area contributed by atoms with Crippen molar-refractivity contribution in [3.8, 4) is 0 Å². The van der Waals surface area contributed by atoms with E-state index in [0.717, 1.165) is 14.9 Å². The quantitative estimate of drug-likeness (QED) is 0.793. The predicted molar refractivity (Wildman–Crippen MR) is 79.2 cm³/mol. The molecular weight excluding hydrogens is 341 g/mol. The summed E-state index contributed by atoms with van der Waals surface area (Å²) in [6, 6.07) is 7.22. The molecule has 1 unspecified atom stereocenters. The van der Waals surface area contributed by atoms with Gasteiger partial charge in [0.2, 0.25) is 0 Å². The number of aryl methyl sites for hydroxylation is 1. The van der Waals surface area contributed by atoms with E-state index in [9.17, 15) is 0 Å². The van der Waals surface area contributed by atoms with Crippen LogP contribution in [0.2, 0.25) is 10.0 Å². The first-order chi connectivity index (χ1) is 7.99. The monoisotopic (exact) mass is 349 g/mol. The molecule has 0 spiro atoms. The average Bonchev–Trinajstić information content (AvgIpc) is 2.58. The third-order valence-corrected chi connectivity index (χ3v) is 5.26. The molecule has 1 nitrogen and oxygen atoms in total. The van der Waals surface area contributed by atoms with Crippen LogP contribution in [0.3, 0.4) is 0 Å². The van der Waals surface area contributed by atoms with Gasteiger partial charge >= 0.3 is 0 Å². The van der Waals surface area contributed by atoms with Crippen LogP contribution in [-0.2, 0) is 0 Å². The summed E-state index contributed by atoms with van der Waals surface area (Å²) in [7, 11) is 0. The summed E-state index contributed by atoms with van der Waals surface area (Å²) >= 11 is 17.2. The Morgan fingerprint density at radius 1 is 1.29 bits per heavy atom. The molecule has 1 aromatic carbocycles. The zero-order valence-corrected chi connectivity index (χ0v) is 12.9. The summed E-state index contributed by atoms with van der Waals surface area (Å²) in [5.74, 6) is 0. The van der Waals surface area contributed by atoms with Crippen molar-refractivity contribution in [2.24, 2.45) is 5.73 Å². The second kappa shape index (κ2) is 5.29. The lowest BCUT2D eigenvalue weighted by Gasteiger charge is -2.12. The van der Waals surface area contributed by atoms with Crippen molar-refractivity contribution in [2.75, 3.05) is 0 Å². The average molecular weight is 351 g/mol. The van der Waals surface area contributed by atoms with E-state index < -0.39 is 0 Å². The molecule has 0 radical (unpaired) electrons. The second-order valence-electron chi connectivity index (χ2n) is 3.70. The standard InChI is InChI=1S/C12H10BrCl2NS/c1-6-9(13)5-11(17-6)12(16)8-3-2-7(14)4-10(8)15/h2-5,12H,16H2,1H3. The fourth-order valence-electron chi connectivity index (χ4n) is 1.54. The number of hydrogen-bond donors (Lipinski definition) is 1. The lowest BCUT2D eigenvalue weighted by molar-refractivity contribution is 0.893. The zero-order chi connectivity index (χ0) is 12.6. The molecule has 0 fully saturated rings. The molecule has 2 N–H and O–H groups in total. The van der Waals surface area contributed by atoms with Gasteiger partial charge in [0.1, 0.15) is 0 Å². The highest BCUT2D eigenvalue weighted by molar-refractivity contribution is 9.10. The van der Waals surface area contributed by atoms with Gasteiger partial charge in [-0.15, -0.1) is 11.3 Å². The molecule has 5 heteroatoms. The minimum absolute atomic E-state index is 0.213. The highest BCUT2D eigenvalue weighted by atomic mass is 79.9. The Hall–Kier alpha value is -0.0600. The topological polar surface area (TPSA) is 26.0 Å². The van der Waals surface area contributed by atoms with Crippen LogP contribution >= 0.6 is 50.5 Å². The number of thiophene rings is 1. The molecule has 0 aliphatic heterocycles. The molecule has 90 valence electrons. The minimum atomic E-state index is -0.213. The Balaban J connectivity index is 2.39. The molecule has 0 bridgehead atoms. The number of hydrogen-bond acceptors (Lipinski definition) is 2. The van der Waals surface area contributed by atoms with Gasteiger partial charge in [0.05, 0.1) is 6.04 Å². The molecule has 0 saturated heterocycles. The summed E-state index contributed by atoms with van der Waals surface area (Å²) in [6.07, 6.45) is 0. The predicted octanol–water partition coefficient (Wildman–Crippen LogP) is 5.17. The maximum atomic E-state index is 6.21. The third-order valence-electron chi connectivity index (χ3n) is 2.48. The first-order valence-electron chi connectivity index (χ1n) is 4.95. The van der Waals surface area contributed by atoms with Crippen LogP contribution in [0, 0.1) is 6.92 Å². The fourth-order valence-corrected chi connectivity index (χ4v) is 3.65. The van der Waals surface area contributed by atoms with Crippen LogP contribution in [0.15, 0.2) is 28.7 Å². The van der Waals surface area contributed by atoms with Gasteiger partial charge in [-0.3, -0.25) is 0 Å². The van der Waals surface area contributed by atoms with Crippen molar-refractivity contribution in [1.82, 2.24) is 0 Å². The van der Waals surface area contributed by atoms with E-state index in [1.54, 1.807) is 23.5 Å². The van der Waals surface area contributed by atoms with Crippen molar-refractivity contribution in [2.45, 2.75) is 13.0 Å². The van der Waals surface area contributed by atoms with Crippen molar-refractivity contribution >= 4 is 50.5 Å². The summed E-state index contributed by atoms with van der Waals surface area (Å²) in [6.45, 7) is 2.05. The van der Waals surface area contributed by atoms with Crippen LogP contribution in [0.25, 0.3) is 0 Å². The maximum Gasteiger partial charge on any atom is 0.0661 e. The first kappa shape index (κ1) is 13.4. The van der Waals surface area contributed by atoms with E-state index in [1.807, 2.05) is 12.1 Å². The van der Waals surface area contributed by atoms with Gasteiger partial charge < -0.3 is 5.73 Å². The van der Waals surface area contributed by atoms with Gasteiger partial charge in [0, 0.05) is 24.3 Å². The second-order valence-corrected chi connectivity index (χ2v) is 6.68.